The summed E-state index contributed by atoms with van der Waals surface area (Å²) in [7, 11) is 0. The van der Waals surface area contributed by atoms with Crippen molar-refractivity contribution in [3.8, 4) is 0 Å². The van der Waals surface area contributed by atoms with Gasteiger partial charge in [-0.3, -0.25) is 10.1 Å². The van der Waals surface area contributed by atoms with Gasteiger partial charge in [-0.2, -0.15) is 15.0 Å². The van der Waals surface area contributed by atoms with Crippen LogP contribution >= 0.6 is 0 Å². The molecule has 2 aromatic rings. The molecule has 0 saturated carbocycles. The van der Waals surface area contributed by atoms with E-state index in [1.54, 1.807) is 6.07 Å². The number of anilines is 2. The van der Waals surface area contributed by atoms with E-state index in [0.29, 0.717) is 5.56 Å². The molecule has 1 heterocycles. The third-order valence-electron chi connectivity index (χ3n) is 3.29. The van der Waals surface area contributed by atoms with E-state index < -0.39 is 16.3 Å². The number of ether oxygens (including phenoxy) is 1. The van der Waals surface area contributed by atoms with E-state index in [2.05, 4.69) is 15.0 Å². The zero-order valence-electron chi connectivity index (χ0n) is 14.0. The van der Waals surface area contributed by atoms with Crippen LogP contribution in [-0.2, 0) is 16.8 Å². The van der Waals surface area contributed by atoms with E-state index in [1.165, 1.54) is 12.1 Å². The number of nitro groups is 1. The number of hydrogen-bond acceptors (Lipinski definition) is 9. The summed E-state index contributed by atoms with van der Waals surface area (Å²) in [5.41, 5.74) is 10.8. The fraction of sp³-hybridized carbons (Fsp3) is 0.333. The number of nitro benzene ring substituents is 1. The molecule has 0 spiro atoms. The Kier molecular flexibility index (Phi) is 4.82. The number of carbonyl (C=O) groups excluding carboxylic acids is 1. The summed E-state index contributed by atoms with van der Waals surface area (Å²) in [6.07, 6.45) is 0. The van der Waals surface area contributed by atoms with Crippen LogP contribution in [0.3, 0.4) is 0 Å². The number of esters is 1. The molecule has 2 rings (SSSR count). The summed E-state index contributed by atoms with van der Waals surface area (Å²) in [4.78, 5) is 34.1. The maximum Gasteiger partial charge on any atom is 0.338 e. The Morgan fingerprint density at radius 3 is 2.32 bits per heavy atom. The molecule has 0 radical (unpaired) electrons. The number of rotatable bonds is 4. The molecular weight excluding hydrogens is 328 g/mol. The largest absolute Gasteiger partial charge is 0.454 e. The Morgan fingerprint density at radius 1 is 1.20 bits per heavy atom. The van der Waals surface area contributed by atoms with Gasteiger partial charge in [-0.15, -0.1) is 0 Å². The van der Waals surface area contributed by atoms with Gasteiger partial charge in [-0.25, -0.2) is 4.79 Å². The second-order valence-corrected chi connectivity index (χ2v) is 6.28. The van der Waals surface area contributed by atoms with Crippen molar-refractivity contribution < 1.29 is 14.5 Å². The quantitative estimate of drug-likeness (QED) is 0.476. The van der Waals surface area contributed by atoms with Crippen LogP contribution in [0.1, 0.15) is 42.5 Å². The number of benzene rings is 1. The van der Waals surface area contributed by atoms with E-state index in [4.69, 9.17) is 16.2 Å². The van der Waals surface area contributed by atoms with E-state index >= 15 is 0 Å². The van der Waals surface area contributed by atoms with Gasteiger partial charge in [0, 0.05) is 11.6 Å². The van der Waals surface area contributed by atoms with E-state index in [9.17, 15) is 14.9 Å². The number of hydrogen-bond donors (Lipinski definition) is 2. The van der Waals surface area contributed by atoms with Crippen molar-refractivity contribution in [3.05, 3.63) is 45.3 Å². The molecular formula is C15H18N6O4. The van der Waals surface area contributed by atoms with Gasteiger partial charge in [0.2, 0.25) is 11.9 Å². The minimum Gasteiger partial charge on any atom is -0.454 e. The number of carbonyl (C=O) groups is 1. The SMILES string of the molecule is CC(C)(C)c1ccc(C(=O)OCc2nc(N)nc(N)n2)cc1[N+](=O)[O-]. The summed E-state index contributed by atoms with van der Waals surface area (Å²) in [6, 6.07) is 4.22. The Labute approximate surface area is 143 Å². The highest BCUT2D eigenvalue weighted by Gasteiger charge is 2.26. The molecule has 132 valence electrons. The van der Waals surface area contributed by atoms with Crippen molar-refractivity contribution in [2.45, 2.75) is 32.8 Å². The van der Waals surface area contributed by atoms with Crippen LogP contribution in [0.2, 0.25) is 0 Å². The second-order valence-electron chi connectivity index (χ2n) is 6.28. The van der Waals surface area contributed by atoms with Crippen molar-refractivity contribution in [2.24, 2.45) is 0 Å². The smallest absolute Gasteiger partial charge is 0.338 e. The molecule has 0 bridgehead atoms. The maximum atomic E-state index is 12.1. The molecule has 0 saturated heterocycles. The molecule has 1 aromatic carbocycles. The van der Waals surface area contributed by atoms with Crippen LogP contribution in [0.5, 0.6) is 0 Å². The average molecular weight is 346 g/mol. The van der Waals surface area contributed by atoms with Crippen LogP contribution < -0.4 is 11.5 Å². The first-order valence-corrected chi connectivity index (χ1v) is 7.30. The monoisotopic (exact) mass is 346 g/mol. The number of nitrogen functional groups attached to an aromatic ring is 2. The van der Waals surface area contributed by atoms with Crippen molar-refractivity contribution in [2.75, 3.05) is 11.5 Å². The van der Waals surface area contributed by atoms with Gasteiger partial charge < -0.3 is 16.2 Å². The lowest BCUT2D eigenvalue weighted by Crippen LogP contribution is -2.15. The maximum absolute atomic E-state index is 12.1. The van der Waals surface area contributed by atoms with Crippen LogP contribution in [-0.4, -0.2) is 25.8 Å². The number of aromatic nitrogens is 3. The van der Waals surface area contributed by atoms with Crippen molar-refractivity contribution in [1.29, 1.82) is 0 Å². The molecule has 0 amide bonds. The summed E-state index contributed by atoms with van der Waals surface area (Å²) in [5.74, 6) is -0.854. The average Bonchev–Trinajstić information content (AvgIpc) is 2.50. The second kappa shape index (κ2) is 6.67. The van der Waals surface area contributed by atoms with Gasteiger partial charge in [0.25, 0.3) is 5.69 Å². The van der Waals surface area contributed by atoms with Crippen molar-refractivity contribution in [1.82, 2.24) is 15.0 Å². The lowest BCUT2D eigenvalue weighted by molar-refractivity contribution is -0.386. The molecule has 0 fully saturated rings. The Bertz CT molecular complexity index is 811. The first-order valence-electron chi connectivity index (χ1n) is 7.30. The van der Waals surface area contributed by atoms with Gasteiger partial charge in [0.15, 0.2) is 12.4 Å². The molecule has 0 aliphatic rings. The van der Waals surface area contributed by atoms with E-state index in [1.807, 2.05) is 20.8 Å². The highest BCUT2D eigenvalue weighted by molar-refractivity contribution is 5.90. The molecule has 1 aromatic heterocycles. The minimum atomic E-state index is -0.749. The van der Waals surface area contributed by atoms with Gasteiger partial charge in [-0.05, 0) is 11.5 Å². The topological polar surface area (TPSA) is 160 Å². The zero-order valence-corrected chi connectivity index (χ0v) is 14.0. The molecule has 0 aliphatic heterocycles. The predicted molar refractivity (Wildman–Crippen MR) is 89.6 cm³/mol. The van der Waals surface area contributed by atoms with Crippen LogP contribution in [0, 0.1) is 10.1 Å². The fourth-order valence-corrected chi connectivity index (χ4v) is 2.18. The predicted octanol–water partition coefficient (Wildman–Crippen LogP) is 1.60. The normalized spacial score (nSPS) is 11.2. The first kappa shape index (κ1) is 18.0. The standard InChI is InChI=1S/C15H18N6O4/c1-15(2,3)9-5-4-8(6-10(9)21(23)24)12(22)25-7-11-18-13(16)20-14(17)19-11/h4-6H,7H2,1-3H3,(H4,16,17,18,19,20). The molecule has 0 atom stereocenters. The molecule has 4 N–H and O–H groups in total. The minimum absolute atomic E-state index is 0.0506. The summed E-state index contributed by atoms with van der Waals surface area (Å²) in [5, 5.41) is 11.3. The summed E-state index contributed by atoms with van der Waals surface area (Å²) in [6.45, 7) is 5.26. The Hall–Kier alpha value is -3.30. The summed E-state index contributed by atoms with van der Waals surface area (Å²) >= 11 is 0. The Morgan fingerprint density at radius 2 is 1.80 bits per heavy atom. The number of nitrogens with zero attached hydrogens (tertiary/aromatic N) is 4. The molecule has 10 nitrogen and oxygen atoms in total. The fourth-order valence-electron chi connectivity index (χ4n) is 2.18. The third-order valence-corrected chi connectivity index (χ3v) is 3.29. The molecule has 0 unspecified atom stereocenters. The highest BCUT2D eigenvalue weighted by atomic mass is 16.6. The highest BCUT2D eigenvalue weighted by Crippen LogP contribution is 2.32. The lowest BCUT2D eigenvalue weighted by Gasteiger charge is -2.19. The molecule has 10 heteroatoms. The van der Waals surface area contributed by atoms with Gasteiger partial charge in [0.05, 0.1) is 10.5 Å². The zero-order chi connectivity index (χ0) is 18.8. The molecule has 0 aliphatic carbocycles. The van der Waals surface area contributed by atoms with E-state index in [0.717, 1.165) is 0 Å². The first-order chi connectivity index (χ1) is 11.6. The summed E-state index contributed by atoms with van der Waals surface area (Å²) < 4.78 is 5.06. The van der Waals surface area contributed by atoms with Crippen molar-refractivity contribution in [3.63, 3.8) is 0 Å². The van der Waals surface area contributed by atoms with E-state index in [-0.39, 0.29) is 35.6 Å². The van der Waals surface area contributed by atoms with Crippen LogP contribution in [0.15, 0.2) is 18.2 Å². The van der Waals surface area contributed by atoms with Gasteiger partial charge in [-0.1, -0.05) is 26.8 Å². The molecule has 25 heavy (non-hydrogen) atoms. The van der Waals surface area contributed by atoms with Crippen LogP contribution in [0.4, 0.5) is 17.6 Å². The van der Waals surface area contributed by atoms with Crippen LogP contribution in [0.25, 0.3) is 0 Å². The third kappa shape index (κ3) is 4.37. The lowest BCUT2D eigenvalue weighted by atomic mass is 9.85. The van der Waals surface area contributed by atoms with Gasteiger partial charge >= 0.3 is 5.97 Å². The van der Waals surface area contributed by atoms with Gasteiger partial charge in [0.1, 0.15) is 0 Å². The number of nitrogens with two attached hydrogens (primary N) is 2. The Balaban J connectivity index is 2.22. The van der Waals surface area contributed by atoms with Crippen molar-refractivity contribution >= 4 is 23.6 Å².